The fraction of sp³-hybridized carbons (Fsp3) is 0.455. The Kier molecular flexibility index (Phi) is 2.81. The highest BCUT2D eigenvalue weighted by Crippen LogP contribution is 2.30. The zero-order valence-corrected chi connectivity index (χ0v) is 9.81. The topological polar surface area (TPSA) is 51.5 Å². The van der Waals surface area contributed by atoms with E-state index in [1.165, 1.54) is 16.9 Å². The van der Waals surface area contributed by atoms with Crippen molar-refractivity contribution in [3.8, 4) is 0 Å². The van der Waals surface area contributed by atoms with Gasteiger partial charge in [-0.15, -0.1) is 0 Å². The molecule has 1 atom stereocenters. The van der Waals surface area contributed by atoms with Crippen molar-refractivity contribution < 1.29 is 17.9 Å². The van der Waals surface area contributed by atoms with Gasteiger partial charge in [0.1, 0.15) is 5.52 Å². The third kappa shape index (κ3) is 2.35. The molecule has 0 saturated carbocycles. The molecule has 5 nitrogen and oxygen atoms in total. The first kappa shape index (κ1) is 12.2. The molecule has 0 radical (unpaired) electrons. The summed E-state index contributed by atoms with van der Waals surface area (Å²) in [4.78, 5) is 4.07. The van der Waals surface area contributed by atoms with Crippen LogP contribution < -0.4 is 5.32 Å². The minimum Gasteiger partial charge on any atom is -0.379 e. The number of fused-ring (bicyclic) bond motifs is 1. The third-order valence-electron chi connectivity index (χ3n) is 2.95. The number of halogens is 3. The van der Waals surface area contributed by atoms with Gasteiger partial charge in [-0.1, -0.05) is 0 Å². The van der Waals surface area contributed by atoms with Crippen LogP contribution >= 0.6 is 0 Å². The van der Waals surface area contributed by atoms with Crippen LogP contribution in [-0.4, -0.2) is 33.9 Å². The smallest absolute Gasteiger partial charge is 0.379 e. The van der Waals surface area contributed by atoms with Crippen molar-refractivity contribution >= 4 is 11.3 Å². The van der Waals surface area contributed by atoms with Gasteiger partial charge in [0.25, 0.3) is 0 Å². The standard InChI is InChI=1S/C11H11F3N4O/c12-11(13,14)9-5-8-10(15-2-3-18(8)17-9)16-7-1-4-19-6-7/h2-3,5,7H,1,4,6H2,(H,15,16). The number of alkyl halides is 3. The first-order valence-corrected chi connectivity index (χ1v) is 5.80. The van der Waals surface area contributed by atoms with Crippen molar-refractivity contribution in [2.45, 2.75) is 18.6 Å². The van der Waals surface area contributed by atoms with E-state index in [1.54, 1.807) is 0 Å². The Labute approximate surface area is 106 Å². The number of anilines is 1. The van der Waals surface area contributed by atoms with E-state index in [-0.39, 0.29) is 6.04 Å². The van der Waals surface area contributed by atoms with E-state index in [1.807, 2.05) is 0 Å². The summed E-state index contributed by atoms with van der Waals surface area (Å²) in [7, 11) is 0. The highest BCUT2D eigenvalue weighted by molar-refractivity contribution is 5.68. The van der Waals surface area contributed by atoms with Gasteiger partial charge in [-0.25, -0.2) is 9.50 Å². The number of ether oxygens (including phenoxy) is 1. The predicted octanol–water partition coefficient (Wildman–Crippen LogP) is 1.95. The average molecular weight is 272 g/mol. The summed E-state index contributed by atoms with van der Waals surface area (Å²) in [5, 5.41) is 6.58. The van der Waals surface area contributed by atoms with E-state index < -0.39 is 11.9 Å². The molecule has 1 unspecified atom stereocenters. The Morgan fingerprint density at radius 1 is 1.42 bits per heavy atom. The van der Waals surface area contributed by atoms with Gasteiger partial charge in [-0.3, -0.25) is 0 Å². The fourth-order valence-electron chi connectivity index (χ4n) is 2.01. The molecule has 1 N–H and O–H groups in total. The molecule has 0 spiro atoms. The number of rotatable bonds is 2. The van der Waals surface area contributed by atoms with Gasteiger partial charge in [0.2, 0.25) is 0 Å². The quantitative estimate of drug-likeness (QED) is 0.907. The predicted molar refractivity (Wildman–Crippen MR) is 60.8 cm³/mol. The summed E-state index contributed by atoms with van der Waals surface area (Å²) in [6, 6.07) is 1.06. The van der Waals surface area contributed by atoms with Gasteiger partial charge in [-0.2, -0.15) is 18.3 Å². The van der Waals surface area contributed by atoms with Gasteiger partial charge in [0.15, 0.2) is 11.5 Å². The molecule has 3 rings (SSSR count). The lowest BCUT2D eigenvalue weighted by molar-refractivity contribution is -0.141. The van der Waals surface area contributed by atoms with E-state index in [2.05, 4.69) is 15.4 Å². The third-order valence-corrected chi connectivity index (χ3v) is 2.95. The van der Waals surface area contributed by atoms with Crippen LogP contribution in [0.25, 0.3) is 5.52 Å². The largest absolute Gasteiger partial charge is 0.435 e. The number of aromatic nitrogens is 3. The lowest BCUT2D eigenvalue weighted by Gasteiger charge is -2.11. The van der Waals surface area contributed by atoms with Gasteiger partial charge < -0.3 is 10.1 Å². The minimum absolute atomic E-state index is 0.0722. The molecule has 0 aromatic carbocycles. The second kappa shape index (κ2) is 4.37. The highest BCUT2D eigenvalue weighted by atomic mass is 19.4. The number of nitrogens with one attached hydrogen (secondary N) is 1. The Morgan fingerprint density at radius 2 is 2.26 bits per heavy atom. The van der Waals surface area contributed by atoms with Crippen LogP contribution in [0.1, 0.15) is 12.1 Å². The molecule has 2 aromatic heterocycles. The second-order valence-electron chi connectivity index (χ2n) is 4.34. The second-order valence-corrected chi connectivity index (χ2v) is 4.34. The van der Waals surface area contributed by atoms with Crippen LogP contribution in [0.3, 0.4) is 0 Å². The molecule has 102 valence electrons. The molecule has 1 aliphatic heterocycles. The van der Waals surface area contributed by atoms with Crippen LogP contribution in [0.5, 0.6) is 0 Å². The van der Waals surface area contributed by atoms with Gasteiger partial charge in [0.05, 0.1) is 12.6 Å². The van der Waals surface area contributed by atoms with Crippen LogP contribution in [0.15, 0.2) is 18.5 Å². The van der Waals surface area contributed by atoms with E-state index in [0.717, 1.165) is 12.5 Å². The van der Waals surface area contributed by atoms with Crippen molar-refractivity contribution in [2.75, 3.05) is 18.5 Å². The van der Waals surface area contributed by atoms with Gasteiger partial charge >= 0.3 is 6.18 Å². The molecule has 3 heterocycles. The van der Waals surface area contributed by atoms with Crippen LogP contribution in [0, 0.1) is 0 Å². The summed E-state index contributed by atoms with van der Waals surface area (Å²) in [5.74, 6) is 0.390. The van der Waals surface area contributed by atoms with E-state index >= 15 is 0 Å². The zero-order valence-electron chi connectivity index (χ0n) is 9.81. The molecule has 0 aliphatic carbocycles. The molecule has 8 heteroatoms. The summed E-state index contributed by atoms with van der Waals surface area (Å²) in [5.41, 5.74) is -0.618. The molecule has 1 fully saturated rings. The van der Waals surface area contributed by atoms with Crippen LogP contribution in [0.4, 0.5) is 19.0 Å². The molecule has 0 bridgehead atoms. The lowest BCUT2D eigenvalue weighted by Crippen LogP contribution is -2.20. The van der Waals surface area contributed by atoms with Gasteiger partial charge in [-0.05, 0) is 6.42 Å². The number of nitrogens with zero attached hydrogens (tertiary/aromatic N) is 3. The molecule has 1 saturated heterocycles. The van der Waals surface area contributed by atoms with E-state index in [4.69, 9.17) is 4.74 Å². The first-order valence-electron chi connectivity index (χ1n) is 5.80. The maximum atomic E-state index is 12.6. The minimum atomic E-state index is -4.46. The maximum absolute atomic E-state index is 12.6. The molecular weight excluding hydrogens is 261 g/mol. The summed E-state index contributed by atoms with van der Waals surface area (Å²) in [6.07, 6.45) is -0.845. The summed E-state index contributed by atoms with van der Waals surface area (Å²) in [6.45, 7) is 1.18. The first-order chi connectivity index (χ1) is 9.04. The number of hydrogen-bond acceptors (Lipinski definition) is 4. The lowest BCUT2D eigenvalue weighted by atomic mass is 10.2. The molecule has 2 aromatic rings. The Bertz CT molecular complexity index is 589. The van der Waals surface area contributed by atoms with Crippen molar-refractivity contribution in [2.24, 2.45) is 0 Å². The monoisotopic (exact) mass is 272 g/mol. The molecule has 0 amide bonds. The Balaban J connectivity index is 1.97. The van der Waals surface area contributed by atoms with Crippen LogP contribution in [-0.2, 0) is 10.9 Å². The molecule has 19 heavy (non-hydrogen) atoms. The zero-order chi connectivity index (χ0) is 13.5. The summed E-state index contributed by atoms with van der Waals surface area (Å²) >= 11 is 0. The Hall–Kier alpha value is -1.83. The van der Waals surface area contributed by atoms with Crippen molar-refractivity contribution in [1.29, 1.82) is 0 Å². The fourth-order valence-corrected chi connectivity index (χ4v) is 2.01. The SMILES string of the molecule is FC(F)(F)c1cc2c(NC3CCOC3)nccn2n1. The maximum Gasteiger partial charge on any atom is 0.435 e. The molecule has 1 aliphatic rings. The summed E-state index contributed by atoms with van der Waals surface area (Å²) < 4.78 is 44.3. The number of hydrogen-bond donors (Lipinski definition) is 1. The van der Waals surface area contributed by atoms with Gasteiger partial charge in [0, 0.05) is 25.1 Å². The van der Waals surface area contributed by atoms with Crippen LogP contribution in [0.2, 0.25) is 0 Å². The van der Waals surface area contributed by atoms with E-state index in [0.29, 0.717) is 24.5 Å². The van der Waals surface area contributed by atoms with Crippen molar-refractivity contribution in [1.82, 2.24) is 14.6 Å². The van der Waals surface area contributed by atoms with Crippen molar-refractivity contribution in [3.63, 3.8) is 0 Å². The highest BCUT2D eigenvalue weighted by Gasteiger charge is 2.34. The normalized spacial score (nSPS) is 20.1. The van der Waals surface area contributed by atoms with Crippen molar-refractivity contribution in [3.05, 3.63) is 24.2 Å². The molecular formula is C11H11F3N4O. The van der Waals surface area contributed by atoms with E-state index in [9.17, 15) is 13.2 Å². The average Bonchev–Trinajstić information content (AvgIpc) is 2.96. The Morgan fingerprint density at radius 3 is 2.95 bits per heavy atom.